The molecule has 3 rings (SSSR count). The molecule has 8 nitrogen and oxygen atoms in total. The third-order valence-electron chi connectivity index (χ3n) is 3.99. The van der Waals surface area contributed by atoms with Crippen molar-refractivity contribution in [3.63, 3.8) is 0 Å². The zero-order valence-electron chi connectivity index (χ0n) is 14.8. The number of furan rings is 1. The van der Waals surface area contributed by atoms with E-state index in [4.69, 9.17) is 4.42 Å². The molecule has 0 aliphatic carbocycles. The van der Waals surface area contributed by atoms with E-state index in [-0.39, 0.29) is 30.1 Å². The van der Waals surface area contributed by atoms with Crippen LogP contribution >= 0.6 is 0 Å². The van der Waals surface area contributed by atoms with E-state index in [0.29, 0.717) is 17.0 Å². The molecular formula is C20H17N3O5. The number of anilines is 1. The summed E-state index contributed by atoms with van der Waals surface area (Å²) in [6.07, 6.45) is 1.33. The molecule has 0 aliphatic heterocycles. The van der Waals surface area contributed by atoms with E-state index in [2.05, 4.69) is 10.6 Å². The van der Waals surface area contributed by atoms with Gasteiger partial charge in [-0.2, -0.15) is 0 Å². The van der Waals surface area contributed by atoms with Crippen LogP contribution in [0, 0.1) is 10.1 Å². The Bertz CT molecular complexity index is 999. The molecule has 142 valence electrons. The van der Waals surface area contributed by atoms with Crippen LogP contribution in [-0.2, 0) is 17.8 Å². The van der Waals surface area contributed by atoms with Gasteiger partial charge in [0, 0.05) is 11.6 Å². The number of rotatable bonds is 7. The second-order valence-corrected chi connectivity index (χ2v) is 5.92. The maximum Gasteiger partial charge on any atom is 0.273 e. The first-order valence-electron chi connectivity index (χ1n) is 8.46. The van der Waals surface area contributed by atoms with Gasteiger partial charge in [-0.1, -0.05) is 30.3 Å². The van der Waals surface area contributed by atoms with Crippen molar-refractivity contribution in [2.45, 2.75) is 13.0 Å². The van der Waals surface area contributed by atoms with Crippen molar-refractivity contribution < 1.29 is 18.9 Å². The second-order valence-electron chi connectivity index (χ2n) is 5.92. The van der Waals surface area contributed by atoms with Crippen LogP contribution in [0.5, 0.6) is 0 Å². The van der Waals surface area contributed by atoms with Crippen molar-refractivity contribution in [2.24, 2.45) is 0 Å². The Hall–Kier alpha value is -3.94. The first-order valence-corrected chi connectivity index (χ1v) is 8.46. The normalized spacial score (nSPS) is 10.3. The third-order valence-corrected chi connectivity index (χ3v) is 3.99. The zero-order chi connectivity index (χ0) is 19.9. The SMILES string of the molecule is O=C(Cc1ccccc1[N+](=O)[O-])Nc1ccccc1C(=O)NCc1ccco1. The quantitative estimate of drug-likeness (QED) is 0.483. The Morgan fingerprint density at radius 2 is 1.75 bits per heavy atom. The van der Waals surface area contributed by atoms with Crippen LogP contribution in [0.3, 0.4) is 0 Å². The number of nitrogens with one attached hydrogen (secondary N) is 2. The highest BCUT2D eigenvalue weighted by Gasteiger charge is 2.17. The Kier molecular flexibility index (Phi) is 5.81. The van der Waals surface area contributed by atoms with Crippen LogP contribution in [0.25, 0.3) is 0 Å². The maximum absolute atomic E-state index is 12.5. The minimum absolute atomic E-state index is 0.123. The van der Waals surface area contributed by atoms with Crippen molar-refractivity contribution in [3.8, 4) is 0 Å². The minimum atomic E-state index is -0.529. The topological polar surface area (TPSA) is 114 Å². The van der Waals surface area contributed by atoms with Gasteiger partial charge in [0.05, 0.1) is 35.4 Å². The molecule has 0 saturated carbocycles. The summed E-state index contributed by atoms with van der Waals surface area (Å²) in [7, 11) is 0. The van der Waals surface area contributed by atoms with Gasteiger partial charge in [0.15, 0.2) is 0 Å². The molecule has 2 amide bonds. The Morgan fingerprint density at radius 3 is 2.50 bits per heavy atom. The van der Waals surface area contributed by atoms with E-state index in [1.807, 2.05) is 0 Å². The van der Waals surface area contributed by atoms with E-state index >= 15 is 0 Å². The summed E-state index contributed by atoms with van der Waals surface area (Å²) in [6.45, 7) is 0.213. The molecule has 8 heteroatoms. The molecule has 1 heterocycles. The van der Waals surface area contributed by atoms with Gasteiger partial charge >= 0.3 is 0 Å². The van der Waals surface area contributed by atoms with E-state index in [1.165, 1.54) is 24.5 Å². The molecule has 0 radical (unpaired) electrons. The Balaban J connectivity index is 1.70. The highest BCUT2D eigenvalue weighted by molar-refractivity contribution is 6.04. The molecule has 0 unspecified atom stereocenters. The van der Waals surface area contributed by atoms with Crippen molar-refractivity contribution in [1.82, 2.24) is 5.32 Å². The lowest BCUT2D eigenvalue weighted by atomic mass is 10.1. The molecule has 28 heavy (non-hydrogen) atoms. The lowest BCUT2D eigenvalue weighted by Crippen LogP contribution is -2.25. The summed E-state index contributed by atoms with van der Waals surface area (Å²) >= 11 is 0. The number of amides is 2. The van der Waals surface area contributed by atoms with Crippen LogP contribution in [0.15, 0.2) is 71.3 Å². The minimum Gasteiger partial charge on any atom is -0.467 e. The number of nitrogens with zero attached hydrogens (tertiary/aromatic N) is 1. The fraction of sp³-hybridized carbons (Fsp3) is 0.100. The van der Waals surface area contributed by atoms with Crippen molar-refractivity contribution >= 4 is 23.2 Å². The fourth-order valence-electron chi connectivity index (χ4n) is 2.67. The van der Waals surface area contributed by atoms with Gasteiger partial charge in [0.1, 0.15) is 5.76 Å². The largest absolute Gasteiger partial charge is 0.467 e. The van der Waals surface area contributed by atoms with Crippen LogP contribution < -0.4 is 10.6 Å². The number of hydrogen-bond acceptors (Lipinski definition) is 5. The average molecular weight is 379 g/mol. The number of nitro benzene ring substituents is 1. The number of hydrogen-bond donors (Lipinski definition) is 2. The molecule has 3 aromatic rings. The summed E-state index contributed by atoms with van der Waals surface area (Å²) in [4.78, 5) is 35.4. The maximum atomic E-state index is 12.5. The average Bonchev–Trinajstić information content (AvgIpc) is 3.20. The monoisotopic (exact) mass is 379 g/mol. The van der Waals surface area contributed by atoms with E-state index in [0.717, 1.165) is 0 Å². The molecule has 0 spiro atoms. The van der Waals surface area contributed by atoms with Crippen LogP contribution in [-0.4, -0.2) is 16.7 Å². The molecule has 2 N–H and O–H groups in total. The number of benzene rings is 2. The number of nitro groups is 1. The van der Waals surface area contributed by atoms with Gasteiger partial charge in [0.2, 0.25) is 5.91 Å². The van der Waals surface area contributed by atoms with Crippen molar-refractivity contribution in [3.05, 3.63) is 93.9 Å². The van der Waals surface area contributed by atoms with Crippen molar-refractivity contribution in [2.75, 3.05) is 5.32 Å². The Morgan fingerprint density at radius 1 is 1.00 bits per heavy atom. The summed E-state index contributed by atoms with van der Waals surface area (Å²) in [5, 5.41) is 16.5. The first kappa shape index (κ1) is 18.8. The highest BCUT2D eigenvalue weighted by Crippen LogP contribution is 2.20. The smallest absolute Gasteiger partial charge is 0.273 e. The lowest BCUT2D eigenvalue weighted by Gasteiger charge is -2.11. The molecule has 0 saturated heterocycles. The molecule has 0 bridgehead atoms. The molecule has 0 fully saturated rings. The standard InChI is InChI=1S/C20H17N3O5/c24-19(12-14-6-1-4-10-18(14)23(26)27)22-17-9-3-2-8-16(17)20(25)21-13-15-7-5-11-28-15/h1-11H,12-13H2,(H,21,25)(H,22,24). The first-order chi connectivity index (χ1) is 13.5. The second kappa shape index (κ2) is 8.63. The lowest BCUT2D eigenvalue weighted by molar-refractivity contribution is -0.385. The summed E-state index contributed by atoms with van der Waals surface area (Å²) < 4.78 is 5.17. The van der Waals surface area contributed by atoms with Gasteiger partial charge < -0.3 is 15.1 Å². The summed E-state index contributed by atoms with van der Waals surface area (Å²) in [5.74, 6) is -0.232. The summed E-state index contributed by atoms with van der Waals surface area (Å²) in [6, 6.07) is 16.0. The summed E-state index contributed by atoms with van der Waals surface area (Å²) in [5.41, 5.74) is 0.778. The number of carbonyl (C=O) groups is 2. The van der Waals surface area contributed by atoms with Crippen molar-refractivity contribution in [1.29, 1.82) is 0 Å². The molecular weight excluding hydrogens is 362 g/mol. The van der Waals surface area contributed by atoms with Gasteiger partial charge in [0.25, 0.3) is 11.6 Å². The molecule has 0 atom stereocenters. The van der Waals surface area contributed by atoms with E-state index in [1.54, 1.807) is 42.5 Å². The van der Waals surface area contributed by atoms with Gasteiger partial charge in [-0.3, -0.25) is 19.7 Å². The van der Waals surface area contributed by atoms with Crippen LogP contribution in [0.4, 0.5) is 11.4 Å². The molecule has 0 aliphatic rings. The van der Waals surface area contributed by atoms with Crippen LogP contribution in [0.2, 0.25) is 0 Å². The van der Waals surface area contributed by atoms with Crippen LogP contribution in [0.1, 0.15) is 21.7 Å². The molecule has 2 aromatic carbocycles. The molecule has 1 aromatic heterocycles. The zero-order valence-corrected chi connectivity index (χ0v) is 14.8. The number of carbonyl (C=O) groups excluding carboxylic acids is 2. The van der Waals surface area contributed by atoms with Gasteiger partial charge in [-0.05, 0) is 24.3 Å². The van der Waals surface area contributed by atoms with E-state index < -0.39 is 10.8 Å². The predicted molar refractivity (Wildman–Crippen MR) is 102 cm³/mol. The number of para-hydroxylation sites is 2. The van der Waals surface area contributed by atoms with Gasteiger partial charge in [-0.25, -0.2) is 0 Å². The third kappa shape index (κ3) is 4.61. The Labute approximate surface area is 160 Å². The highest BCUT2D eigenvalue weighted by atomic mass is 16.6. The fourth-order valence-corrected chi connectivity index (χ4v) is 2.67. The van der Waals surface area contributed by atoms with Gasteiger partial charge in [-0.15, -0.1) is 0 Å². The predicted octanol–water partition coefficient (Wildman–Crippen LogP) is 3.30. The van der Waals surface area contributed by atoms with E-state index in [9.17, 15) is 19.7 Å².